The summed E-state index contributed by atoms with van der Waals surface area (Å²) in [5, 5.41) is 16.7. The Hall–Kier alpha value is -0.800. The molecule has 2 bridgehead atoms. The maximum atomic E-state index is 10.2. The molecule has 1 saturated heterocycles. The summed E-state index contributed by atoms with van der Waals surface area (Å²) in [6, 6.07) is 6.82. The molecule has 0 radical (unpaired) electrons. The van der Waals surface area contributed by atoms with E-state index in [9.17, 15) is 4.79 Å². The fourth-order valence-electron chi connectivity index (χ4n) is 5.75. The number of likely N-dealkylation sites (tertiary alicyclic amines) is 1. The van der Waals surface area contributed by atoms with Crippen LogP contribution in [-0.4, -0.2) is 72.0 Å². The molecule has 1 aromatic rings. The molecule has 4 atom stereocenters. The van der Waals surface area contributed by atoms with Crippen LogP contribution in [0.4, 0.5) is 0 Å². The highest BCUT2D eigenvalue weighted by Crippen LogP contribution is 2.55. The van der Waals surface area contributed by atoms with Crippen molar-refractivity contribution in [2.75, 3.05) is 38.8 Å². The number of thioether (sulfide) groups is 1. The van der Waals surface area contributed by atoms with Crippen molar-refractivity contribution in [3.63, 3.8) is 0 Å². The molecule has 1 aliphatic heterocycles. The van der Waals surface area contributed by atoms with Crippen LogP contribution in [0.5, 0.6) is 5.75 Å². The number of piperidine rings is 1. The van der Waals surface area contributed by atoms with Gasteiger partial charge in [0.15, 0.2) is 0 Å². The van der Waals surface area contributed by atoms with Gasteiger partial charge in [-0.3, -0.25) is 4.79 Å². The number of ether oxygens (including phenoxy) is 1. The first-order chi connectivity index (χ1) is 14.9. The lowest BCUT2D eigenvalue weighted by atomic mass is 9.52. The van der Waals surface area contributed by atoms with E-state index in [4.69, 9.17) is 20.7 Å². The summed E-state index contributed by atoms with van der Waals surface area (Å²) >= 11 is 1.45. The van der Waals surface area contributed by atoms with Gasteiger partial charge in [0.05, 0.1) is 7.11 Å². The largest absolute Gasteiger partial charge is 0.497 e. The number of hydrogen-bond acceptors (Lipinski definition) is 6. The fraction of sp³-hybridized carbons (Fsp3) is 0.708. The van der Waals surface area contributed by atoms with E-state index in [2.05, 4.69) is 30.1 Å². The van der Waals surface area contributed by atoms with Crippen molar-refractivity contribution in [3.05, 3.63) is 29.3 Å². The summed E-state index contributed by atoms with van der Waals surface area (Å²) in [5.74, 6) is 2.11. The number of carboxylic acids is 1. The maximum Gasteiger partial charge on any atom is 0.321 e. The number of aliphatic hydroxyl groups is 1. The van der Waals surface area contributed by atoms with Crippen molar-refractivity contribution in [1.29, 1.82) is 0 Å². The van der Waals surface area contributed by atoms with E-state index in [-0.39, 0.29) is 23.6 Å². The van der Waals surface area contributed by atoms with E-state index in [1.807, 2.05) is 0 Å². The third kappa shape index (κ3) is 6.00. The SMILES string of the molecule is Br.COc1ccc2c(c1)[C@]13CCCC[C@@H]1[C@H](C2)N(C)CC3.N[C@@H](CSCCCO)C(=O)O. The molecule has 0 spiro atoms. The molecule has 1 saturated carbocycles. The van der Waals surface area contributed by atoms with Crippen LogP contribution in [0.15, 0.2) is 18.2 Å². The Kier molecular flexibility index (Phi) is 10.8. The number of aliphatic carboxylic acids is 1. The number of aliphatic hydroxyl groups excluding tert-OH is 1. The lowest BCUT2D eigenvalue weighted by Gasteiger charge is -2.58. The molecular formula is C24H39BrN2O4S. The molecule has 1 heterocycles. The van der Waals surface area contributed by atoms with E-state index in [1.54, 1.807) is 18.2 Å². The molecule has 182 valence electrons. The van der Waals surface area contributed by atoms with Gasteiger partial charge in [-0.25, -0.2) is 0 Å². The summed E-state index contributed by atoms with van der Waals surface area (Å²) in [7, 11) is 4.12. The number of benzene rings is 1. The molecule has 2 aliphatic carbocycles. The molecule has 4 rings (SSSR count). The summed E-state index contributed by atoms with van der Waals surface area (Å²) in [6.07, 6.45) is 8.91. The van der Waals surface area contributed by atoms with Crippen molar-refractivity contribution in [2.24, 2.45) is 11.7 Å². The van der Waals surface area contributed by atoms with E-state index in [0.717, 1.165) is 23.5 Å². The van der Waals surface area contributed by atoms with Crippen LogP contribution in [0.2, 0.25) is 0 Å². The Labute approximate surface area is 207 Å². The Morgan fingerprint density at radius 1 is 1.38 bits per heavy atom. The van der Waals surface area contributed by atoms with E-state index >= 15 is 0 Å². The second kappa shape index (κ2) is 12.6. The lowest BCUT2D eigenvalue weighted by Crippen LogP contribution is -2.59. The molecule has 0 unspecified atom stereocenters. The highest BCUT2D eigenvalue weighted by atomic mass is 79.9. The van der Waals surface area contributed by atoms with Crippen LogP contribution in [0.1, 0.15) is 49.7 Å². The smallest absolute Gasteiger partial charge is 0.321 e. The van der Waals surface area contributed by atoms with Crippen molar-refractivity contribution < 1.29 is 19.7 Å². The highest BCUT2D eigenvalue weighted by Gasteiger charge is 2.53. The van der Waals surface area contributed by atoms with E-state index < -0.39 is 12.0 Å². The zero-order valence-corrected chi connectivity index (χ0v) is 21.8. The number of halogens is 1. The number of nitrogens with two attached hydrogens (primary N) is 1. The zero-order valence-electron chi connectivity index (χ0n) is 19.3. The average molecular weight is 532 g/mol. The van der Waals surface area contributed by atoms with Gasteiger partial charge < -0.3 is 25.6 Å². The Bertz CT molecular complexity index is 753. The van der Waals surface area contributed by atoms with Gasteiger partial charge in [0.2, 0.25) is 0 Å². The van der Waals surface area contributed by atoms with Crippen LogP contribution < -0.4 is 10.5 Å². The number of nitrogens with zero attached hydrogens (tertiary/aromatic N) is 1. The maximum absolute atomic E-state index is 10.2. The Balaban J connectivity index is 0.000000263. The molecular weight excluding hydrogens is 492 g/mol. The van der Waals surface area contributed by atoms with Crippen LogP contribution in [0, 0.1) is 5.92 Å². The third-order valence-electron chi connectivity index (χ3n) is 7.38. The molecule has 0 aromatic heterocycles. The molecule has 0 amide bonds. The van der Waals surface area contributed by atoms with Crippen LogP contribution in [0.3, 0.4) is 0 Å². The second-order valence-corrected chi connectivity index (χ2v) is 10.3. The minimum absolute atomic E-state index is 0. The summed E-state index contributed by atoms with van der Waals surface area (Å²) in [5.41, 5.74) is 8.89. The predicted molar refractivity (Wildman–Crippen MR) is 136 cm³/mol. The Morgan fingerprint density at radius 3 is 2.84 bits per heavy atom. The number of hydrogen-bond donors (Lipinski definition) is 3. The van der Waals surface area contributed by atoms with Crippen LogP contribution in [-0.2, 0) is 16.6 Å². The number of carbonyl (C=O) groups is 1. The summed E-state index contributed by atoms with van der Waals surface area (Å²) < 4.78 is 5.51. The van der Waals surface area contributed by atoms with Crippen LogP contribution in [0.25, 0.3) is 0 Å². The first kappa shape index (κ1) is 27.4. The molecule has 2 fully saturated rings. The van der Waals surface area contributed by atoms with Gasteiger partial charge in [0.25, 0.3) is 0 Å². The van der Waals surface area contributed by atoms with Gasteiger partial charge in [-0.05, 0) is 80.6 Å². The van der Waals surface area contributed by atoms with Gasteiger partial charge in [0.1, 0.15) is 11.8 Å². The highest BCUT2D eigenvalue weighted by molar-refractivity contribution is 8.93. The van der Waals surface area contributed by atoms with Gasteiger partial charge in [-0.1, -0.05) is 18.9 Å². The normalized spacial score (nSPS) is 27.0. The van der Waals surface area contributed by atoms with E-state index in [1.165, 1.54) is 56.8 Å². The van der Waals surface area contributed by atoms with Crippen molar-refractivity contribution in [1.82, 2.24) is 4.90 Å². The Morgan fingerprint density at radius 2 is 2.16 bits per heavy atom. The number of carboxylic acid groups (broad SMARTS) is 1. The van der Waals surface area contributed by atoms with Gasteiger partial charge >= 0.3 is 5.97 Å². The minimum atomic E-state index is -0.971. The number of rotatable bonds is 7. The monoisotopic (exact) mass is 530 g/mol. The molecule has 6 nitrogen and oxygen atoms in total. The predicted octanol–water partition coefficient (Wildman–Crippen LogP) is 3.48. The fourth-order valence-corrected chi connectivity index (χ4v) is 6.65. The number of methoxy groups -OCH3 is 1. The summed E-state index contributed by atoms with van der Waals surface area (Å²) in [6.45, 7) is 1.41. The second-order valence-electron chi connectivity index (χ2n) is 9.13. The van der Waals surface area contributed by atoms with E-state index in [0.29, 0.717) is 17.6 Å². The molecule has 3 aliphatic rings. The van der Waals surface area contributed by atoms with Crippen molar-refractivity contribution in [3.8, 4) is 5.75 Å². The first-order valence-corrected chi connectivity index (χ1v) is 12.6. The quantitative estimate of drug-likeness (QED) is 0.464. The topological polar surface area (TPSA) is 96.0 Å². The van der Waals surface area contributed by atoms with Crippen molar-refractivity contribution in [2.45, 2.75) is 62.4 Å². The minimum Gasteiger partial charge on any atom is -0.497 e. The first-order valence-electron chi connectivity index (χ1n) is 11.5. The van der Waals surface area contributed by atoms with Gasteiger partial charge in [-0.2, -0.15) is 11.8 Å². The number of fused-ring (bicyclic) bond motifs is 1. The standard InChI is InChI=1S/C18H25NO.C6H13NO3S.BrH/c1-19-10-9-18-8-4-3-5-15(18)17(19)11-13-6-7-14(20-2)12-16(13)18;7-5(6(9)10)4-11-3-1-2-8;/h6-7,12,15,17H,3-5,8-11H2,1-2H3;5,8H,1-4,7H2,(H,9,10);1H/t15-,17+,18+;5-;/m10./s1. The lowest BCUT2D eigenvalue weighted by molar-refractivity contribution is -0.137. The molecule has 32 heavy (non-hydrogen) atoms. The van der Waals surface area contributed by atoms with Gasteiger partial charge in [-0.15, -0.1) is 17.0 Å². The summed E-state index contributed by atoms with van der Waals surface area (Å²) in [4.78, 5) is 12.8. The van der Waals surface area contributed by atoms with Gasteiger partial charge in [0, 0.05) is 23.8 Å². The third-order valence-corrected chi connectivity index (χ3v) is 8.56. The molecule has 4 N–H and O–H groups in total. The molecule has 1 aromatic carbocycles. The van der Waals surface area contributed by atoms with Crippen molar-refractivity contribution >= 4 is 34.7 Å². The van der Waals surface area contributed by atoms with Crippen LogP contribution >= 0.6 is 28.7 Å². The molecule has 8 heteroatoms. The average Bonchev–Trinajstić information content (AvgIpc) is 2.79. The number of likely N-dealkylation sites (N-methyl/N-ethyl adjacent to an activating group) is 1. The zero-order chi connectivity index (χ0) is 22.4.